The van der Waals surface area contributed by atoms with Crippen molar-refractivity contribution in [1.82, 2.24) is 15.5 Å². The molecule has 2 rings (SSSR count). The fourth-order valence-electron chi connectivity index (χ4n) is 3.41. The molecule has 1 aliphatic rings. The molecular formula is C22H31N5O6. The molecule has 180 valence electrons. The standard InChI is InChI=1S/C22H31N5O6/c1-21(2,3)33-20(32)25-16(17(28)29)7-5-6-12-27-18(30)22(4,26-19(27)31)15-10-8-14(9-11-15)13-24-23/h8-11,13,16H,5-7,12,23H2,1-4H3,(H,25,32)(H,26,31)(H,28,29)/b24-13+. The van der Waals surface area contributed by atoms with E-state index in [1.165, 1.54) is 6.21 Å². The first-order chi connectivity index (χ1) is 15.4. The largest absolute Gasteiger partial charge is 0.480 e. The number of carboxylic acid groups (broad SMARTS) is 1. The molecule has 4 amide bonds. The molecule has 0 saturated carbocycles. The molecule has 1 aromatic rings. The minimum Gasteiger partial charge on any atom is -0.480 e. The fourth-order valence-corrected chi connectivity index (χ4v) is 3.41. The summed E-state index contributed by atoms with van der Waals surface area (Å²) in [5, 5.41) is 17.9. The highest BCUT2D eigenvalue weighted by atomic mass is 16.6. The van der Waals surface area contributed by atoms with Gasteiger partial charge in [-0.2, -0.15) is 5.10 Å². The van der Waals surface area contributed by atoms with Crippen molar-refractivity contribution in [3.63, 3.8) is 0 Å². The third-order valence-corrected chi connectivity index (χ3v) is 5.10. The Hall–Kier alpha value is -3.63. The number of hydrogen-bond donors (Lipinski definition) is 4. The summed E-state index contributed by atoms with van der Waals surface area (Å²) in [6.07, 6.45) is 1.52. The number of imide groups is 1. The van der Waals surface area contributed by atoms with Crippen LogP contribution in [0.15, 0.2) is 29.4 Å². The van der Waals surface area contributed by atoms with E-state index in [9.17, 15) is 24.3 Å². The van der Waals surface area contributed by atoms with Crippen LogP contribution in [0.25, 0.3) is 0 Å². The number of alkyl carbamates (subject to hydrolysis) is 1. The number of nitrogens with zero attached hydrogens (tertiary/aromatic N) is 2. The van der Waals surface area contributed by atoms with Gasteiger partial charge in [0.05, 0.1) is 6.21 Å². The van der Waals surface area contributed by atoms with Gasteiger partial charge in [-0.05, 0) is 58.1 Å². The number of amides is 4. The second kappa shape index (κ2) is 10.3. The zero-order chi connectivity index (χ0) is 24.8. The Labute approximate surface area is 192 Å². The van der Waals surface area contributed by atoms with Gasteiger partial charge in [0.15, 0.2) is 0 Å². The Morgan fingerprint density at radius 1 is 1.27 bits per heavy atom. The van der Waals surface area contributed by atoms with E-state index in [0.29, 0.717) is 18.4 Å². The average molecular weight is 462 g/mol. The Morgan fingerprint density at radius 3 is 2.45 bits per heavy atom. The number of aliphatic carboxylic acids is 1. The van der Waals surface area contributed by atoms with Gasteiger partial charge in [0.25, 0.3) is 5.91 Å². The van der Waals surface area contributed by atoms with Gasteiger partial charge in [-0.1, -0.05) is 24.3 Å². The Bertz CT molecular complexity index is 924. The molecule has 1 heterocycles. The molecule has 11 nitrogen and oxygen atoms in total. The second-order valence-electron chi connectivity index (χ2n) is 8.94. The van der Waals surface area contributed by atoms with E-state index in [4.69, 9.17) is 10.6 Å². The zero-order valence-corrected chi connectivity index (χ0v) is 19.3. The van der Waals surface area contributed by atoms with Crippen LogP contribution in [0.5, 0.6) is 0 Å². The summed E-state index contributed by atoms with van der Waals surface area (Å²) in [5.41, 5.74) is -0.588. The van der Waals surface area contributed by atoms with E-state index in [1.54, 1.807) is 52.0 Å². The number of carbonyl (C=O) groups is 4. The summed E-state index contributed by atoms with van der Waals surface area (Å²) >= 11 is 0. The van der Waals surface area contributed by atoms with Gasteiger partial charge in [-0.15, -0.1) is 0 Å². The topological polar surface area (TPSA) is 163 Å². The molecule has 0 radical (unpaired) electrons. The van der Waals surface area contributed by atoms with Gasteiger partial charge in [0.1, 0.15) is 17.2 Å². The quantitative estimate of drug-likeness (QED) is 0.143. The van der Waals surface area contributed by atoms with Crippen LogP contribution >= 0.6 is 0 Å². The molecule has 1 aromatic carbocycles. The first-order valence-corrected chi connectivity index (χ1v) is 10.6. The third-order valence-electron chi connectivity index (χ3n) is 5.10. The lowest BCUT2D eigenvalue weighted by molar-refractivity contribution is -0.139. The van der Waals surface area contributed by atoms with Gasteiger partial charge >= 0.3 is 18.1 Å². The SMILES string of the molecule is CC(C)(C)OC(=O)NC(CCCCN1C(=O)NC(C)(c2ccc(/C=N/N)cc2)C1=O)C(=O)O. The Morgan fingerprint density at radius 2 is 1.91 bits per heavy atom. The minimum atomic E-state index is -1.21. The number of urea groups is 1. The van der Waals surface area contributed by atoms with Crippen molar-refractivity contribution in [2.45, 2.75) is 64.1 Å². The number of unbranched alkanes of at least 4 members (excludes halogenated alkanes) is 1. The summed E-state index contributed by atoms with van der Waals surface area (Å²) in [5.74, 6) is 3.56. The molecular weight excluding hydrogens is 430 g/mol. The molecule has 0 aromatic heterocycles. The highest BCUT2D eigenvalue weighted by Crippen LogP contribution is 2.29. The minimum absolute atomic E-state index is 0.122. The number of hydrazone groups is 1. The number of benzene rings is 1. The Balaban J connectivity index is 1.93. The van der Waals surface area contributed by atoms with Crippen molar-refractivity contribution in [3.05, 3.63) is 35.4 Å². The monoisotopic (exact) mass is 461 g/mol. The molecule has 33 heavy (non-hydrogen) atoms. The molecule has 0 spiro atoms. The van der Waals surface area contributed by atoms with Crippen LogP contribution in [-0.4, -0.2) is 58.4 Å². The number of carboxylic acids is 1. The van der Waals surface area contributed by atoms with Crippen molar-refractivity contribution < 1.29 is 29.0 Å². The summed E-state index contributed by atoms with van der Waals surface area (Å²) in [7, 11) is 0. The highest BCUT2D eigenvalue weighted by Gasteiger charge is 2.48. The lowest BCUT2D eigenvalue weighted by Crippen LogP contribution is -2.43. The maximum Gasteiger partial charge on any atom is 0.408 e. The summed E-state index contributed by atoms with van der Waals surface area (Å²) < 4.78 is 5.09. The second-order valence-corrected chi connectivity index (χ2v) is 8.94. The number of nitrogens with one attached hydrogen (secondary N) is 2. The third kappa shape index (κ3) is 6.67. The van der Waals surface area contributed by atoms with Gasteiger partial charge < -0.3 is 26.3 Å². The van der Waals surface area contributed by atoms with Crippen LogP contribution in [0.1, 0.15) is 58.1 Å². The number of carbonyl (C=O) groups excluding carboxylic acids is 3. The van der Waals surface area contributed by atoms with Crippen LogP contribution in [0.4, 0.5) is 9.59 Å². The molecule has 5 N–H and O–H groups in total. The van der Waals surface area contributed by atoms with Gasteiger partial charge in [-0.3, -0.25) is 9.69 Å². The van der Waals surface area contributed by atoms with E-state index < -0.39 is 41.2 Å². The molecule has 1 aliphatic heterocycles. The lowest BCUT2D eigenvalue weighted by Gasteiger charge is -2.23. The molecule has 0 bridgehead atoms. The fraction of sp³-hybridized carbons (Fsp3) is 0.500. The van der Waals surface area contributed by atoms with E-state index in [0.717, 1.165) is 10.5 Å². The maximum atomic E-state index is 13.0. The lowest BCUT2D eigenvalue weighted by atomic mass is 9.91. The van der Waals surface area contributed by atoms with Crippen molar-refractivity contribution in [3.8, 4) is 0 Å². The summed E-state index contributed by atoms with van der Waals surface area (Å²) in [6, 6.07) is 5.27. The van der Waals surface area contributed by atoms with Gasteiger partial charge in [0, 0.05) is 6.54 Å². The summed E-state index contributed by atoms with van der Waals surface area (Å²) in [6.45, 7) is 6.78. The van der Waals surface area contributed by atoms with Crippen molar-refractivity contribution >= 4 is 30.2 Å². The molecule has 1 saturated heterocycles. The molecule has 2 unspecified atom stereocenters. The van der Waals surface area contributed by atoms with E-state index >= 15 is 0 Å². The van der Waals surface area contributed by atoms with E-state index in [2.05, 4.69) is 15.7 Å². The van der Waals surface area contributed by atoms with Gasteiger partial charge in [0.2, 0.25) is 0 Å². The molecule has 1 fully saturated rings. The first-order valence-electron chi connectivity index (χ1n) is 10.6. The molecule has 2 atom stereocenters. The van der Waals surface area contributed by atoms with Crippen LogP contribution < -0.4 is 16.5 Å². The molecule has 0 aliphatic carbocycles. The van der Waals surface area contributed by atoms with E-state index in [1.807, 2.05) is 0 Å². The van der Waals surface area contributed by atoms with Crippen molar-refractivity contribution in [1.29, 1.82) is 0 Å². The number of hydrogen-bond acceptors (Lipinski definition) is 7. The normalized spacial score (nSPS) is 19.5. The zero-order valence-electron chi connectivity index (χ0n) is 19.3. The maximum absolute atomic E-state index is 13.0. The first kappa shape index (κ1) is 25.6. The number of rotatable bonds is 9. The number of nitrogens with two attached hydrogens (primary N) is 1. The van der Waals surface area contributed by atoms with Crippen molar-refractivity contribution in [2.24, 2.45) is 10.9 Å². The average Bonchev–Trinajstić information content (AvgIpc) is 2.93. The predicted octanol–water partition coefficient (Wildman–Crippen LogP) is 1.89. The predicted molar refractivity (Wildman–Crippen MR) is 120 cm³/mol. The van der Waals surface area contributed by atoms with E-state index in [-0.39, 0.29) is 13.0 Å². The van der Waals surface area contributed by atoms with Crippen LogP contribution in [0.3, 0.4) is 0 Å². The van der Waals surface area contributed by atoms with Crippen LogP contribution in [0, 0.1) is 0 Å². The smallest absolute Gasteiger partial charge is 0.408 e. The highest BCUT2D eigenvalue weighted by molar-refractivity contribution is 6.07. The molecule has 11 heteroatoms. The van der Waals surface area contributed by atoms with Crippen LogP contribution in [-0.2, 0) is 19.9 Å². The van der Waals surface area contributed by atoms with Crippen molar-refractivity contribution in [2.75, 3.05) is 6.54 Å². The number of ether oxygens (including phenoxy) is 1. The Kier molecular flexibility index (Phi) is 8.02. The van der Waals surface area contributed by atoms with Gasteiger partial charge in [-0.25, -0.2) is 14.4 Å². The summed E-state index contributed by atoms with van der Waals surface area (Å²) in [4.78, 5) is 49.9. The van der Waals surface area contributed by atoms with Crippen LogP contribution in [0.2, 0.25) is 0 Å².